The van der Waals surface area contributed by atoms with E-state index in [2.05, 4.69) is 68.1 Å². The van der Waals surface area contributed by atoms with Gasteiger partial charge in [-0.25, -0.2) is 0 Å². The molecule has 1 heterocycles. The van der Waals surface area contributed by atoms with Crippen LogP contribution in [0.2, 0.25) is 0 Å². The van der Waals surface area contributed by atoms with E-state index in [0.717, 1.165) is 10.4 Å². The molecular weight excluding hydrogens is 381 g/mol. The van der Waals surface area contributed by atoms with E-state index in [0.29, 0.717) is 0 Å². The first-order valence-corrected chi connectivity index (χ1v) is 6.76. The Morgan fingerprint density at radius 1 is 1.31 bits per heavy atom. The van der Waals surface area contributed by atoms with Crippen molar-refractivity contribution < 1.29 is 4.42 Å². The molecule has 1 N–H and O–H groups in total. The molecule has 0 amide bonds. The van der Waals surface area contributed by atoms with E-state index in [-0.39, 0.29) is 6.04 Å². The van der Waals surface area contributed by atoms with Crippen molar-refractivity contribution in [2.45, 2.75) is 6.04 Å². The van der Waals surface area contributed by atoms with Crippen LogP contribution in [-0.4, -0.2) is 7.05 Å². The minimum absolute atomic E-state index is 0.0982. The summed E-state index contributed by atoms with van der Waals surface area (Å²) in [6, 6.07) is 12.4. The Morgan fingerprint density at radius 2 is 2.12 bits per heavy atom. The molecule has 4 heteroatoms. The molecule has 1 aromatic heterocycles. The molecule has 1 aromatic carbocycles. The van der Waals surface area contributed by atoms with Crippen molar-refractivity contribution in [1.29, 1.82) is 0 Å². The maximum atomic E-state index is 5.58. The van der Waals surface area contributed by atoms with E-state index in [4.69, 9.17) is 4.42 Å². The molecule has 0 aliphatic carbocycles. The van der Waals surface area contributed by atoms with Gasteiger partial charge in [0.05, 0.1) is 6.04 Å². The number of furan rings is 1. The summed E-state index contributed by atoms with van der Waals surface area (Å²) in [5, 5.41) is 3.26. The highest BCUT2D eigenvalue weighted by Gasteiger charge is 2.15. The Bertz CT molecular complexity index is 483. The van der Waals surface area contributed by atoms with Gasteiger partial charge in [-0.3, -0.25) is 0 Å². The van der Waals surface area contributed by atoms with Gasteiger partial charge in [-0.15, -0.1) is 0 Å². The fraction of sp³-hybridized carbons (Fsp3) is 0.167. The summed E-state index contributed by atoms with van der Waals surface area (Å²) in [6.45, 7) is 0. The normalized spacial score (nSPS) is 12.7. The predicted molar refractivity (Wildman–Crippen MR) is 76.5 cm³/mol. The molecule has 1 atom stereocenters. The van der Waals surface area contributed by atoms with Crippen molar-refractivity contribution in [3.63, 3.8) is 0 Å². The van der Waals surface area contributed by atoms with E-state index in [1.54, 1.807) is 0 Å². The van der Waals surface area contributed by atoms with Gasteiger partial charge in [-0.2, -0.15) is 0 Å². The lowest BCUT2D eigenvalue weighted by Gasteiger charge is -2.14. The van der Waals surface area contributed by atoms with Crippen LogP contribution in [0.5, 0.6) is 0 Å². The van der Waals surface area contributed by atoms with Crippen molar-refractivity contribution in [2.75, 3.05) is 7.05 Å². The third-order valence-corrected chi connectivity index (χ3v) is 3.45. The Kier molecular flexibility index (Phi) is 4.05. The van der Waals surface area contributed by atoms with Crippen LogP contribution in [0.3, 0.4) is 0 Å². The number of benzene rings is 1. The Morgan fingerprint density at radius 3 is 2.69 bits per heavy atom. The fourth-order valence-corrected chi connectivity index (χ4v) is 2.53. The summed E-state index contributed by atoms with van der Waals surface area (Å²) in [7, 11) is 1.93. The SMILES string of the molecule is CNC(c1cccc(I)c1)c1ccc(Br)o1. The van der Waals surface area contributed by atoms with Gasteiger partial charge in [0.2, 0.25) is 0 Å². The number of hydrogen-bond acceptors (Lipinski definition) is 2. The minimum atomic E-state index is 0.0982. The molecule has 0 bridgehead atoms. The quantitative estimate of drug-likeness (QED) is 0.801. The van der Waals surface area contributed by atoms with Gasteiger partial charge in [-0.1, -0.05) is 12.1 Å². The fourth-order valence-electron chi connectivity index (χ4n) is 1.64. The third-order valence-electron chi connectivity index (χ3n) is 2.35. The average molecular weight is 392 g/mol. The van der Waals surface area contributed by atoms with Crippen LogP contribution in [0.1, 0.15) is 17.4 Å². The molecule has 16 heavy (non-hydrogen) atoms. The molecule has 0 saturated carbocycles. The highest BCUT2D eigenvalue weighted by atomic mass is 127. The smallest absolute Gasteiger partial charge is 0.169 e. The lowest BCUT2D eigenvalue weighted by molar-refractivity contribution is 0.447. The zero-order valence-corrected chi connectivity index (χ0v) is 12.4. The first kappa shape index (κ1) is 12.1. The van der Waals surface area contributed by atoms with E-state index in [9.17, 15) is 0 Å². The van der Waals surface area contributed by atoms with Gasteiger partial charge in [0.1, 0.15) is 5.76 Å². The van der Waals surface area contributed by atoms with Crippen LogP contribution in [-0.2, 0) is 0 Å². The molecule has 2 nitrogen and oxygen atoms in total. The van der Waals surface area contributed by atoms with Crippen LogP contribution in [0.15, 0.2) is 45.5 Å². The van der Waals surface area contributed by atoms with Crippen LogP contribution in [0.4, 0.5) is 0 Å². The third kappa shape index (κ3) is 2.67. The number of halogens is 2. The largest absolute Gasteiger partial charge is 0.452 e. The molecule has 0 aliphatic heterocycles. The van der Waals surface area contributed by atoms with Gasteiger partial charge in [0, 0.05) is 3.57 Å². The Balaban J connectivity index is 2.36. The molecule has 0 fully saturated rings. The van der Waals surface area contributed by atoms with Crippen molar-refractivity contribution in [3.05, 3.63) is 56.0 Å². The molecule has 84 valence electrons. The van der Waals surface area contributed by atoms with Gasteiger partial charge in [-0.05, 0) is 75.4 Å². The first-order valence-electron chi connectivity index (χ1n) is 4.88. The second kappa shape index (κ2) is 5.33. The number of nitrogens with one attached hydrogen (secondary N) is 1. The average Bonchev–Trinajstić information content (AvgIpc) is 2.66. The maximum absolute atomic E-state index is 5.58. The highest BCUT2D eigenvalue weighted by molar-refractivity contribution is 14.1. The molecule has 2 rings (SSSR count). The molecule has 2 aromatic rings. The van der Waals surface area contributed by atoms with Crippen molar-refractivity contribution in [2.24, 2.45) is 0 Å². The molecule has 1 unspecified atom stereocenters. The number of rotatable bonds is 3. The standard InChI is InChI=1S/C12H11BrINO/c1-15-12(10-5-6-11(13)16-10)8-3-2-4-9(14)7-8/h2-7,12,15H,1H3. The minimum Gasteiger partial charge on any atom is -0.452 e. The molecule has 0 saturated heterocycles. The zero-order valence-electron chi connectivity index (χ0n) is 8.71. The topological polar surface area (TPSA) is 25.2 Å². The summed E-state index contributed by atoms with van der Waals surface area (Å²) < 4.78 is 7.56. The predicted octanol–water partition coefficient (Wildman–Crippen LogP) is 3.96. The zero-order chi connectivity index (χ0) is 11.5. The van der Waals surface area contributed by atoms with Crippen molar-refractivity contribution in [3.8, 4) is 0 Å². The Labute approximate surface area is 117 Å². The Hall–Kier alpha value is -0.330. The monoisotopic (exact) mass is 391 g/mol. The molecular formula is C12H11BrINO. The van der Waals surface area contributed by atoms with E-state index < -0.39 is 0 Å². The molecule has 0 spiro atoms. The van der Waals surface area contributed by atoms with Crippen LogP contribution in [0, 0.1) is 3.57 Å². The van der Waals surface area contributed by atoms with Crippen molar-refractivity contribution in [1.82, 2.24) is 5.32 Å². The first-order chi connectivity index (χ1) is 7.70. The van der Waals surface area contributed by atoms with Gasteiger partial charge in [0.25, 0.3) is 0 Å². The molecule has 0 radical (unpaired) electrons. The van der Waals surface area contributed by atoms with Crippen molar-refractivity contribution >= 4 is 38.5 Å². The summed E-state index contributed by atoms with van der Waals surface area (Å²) in [4.78, 5) is 0. The lowest BCUT2D eigenvalue weighted by atomic mass is 10.1. The second-order valence-corrected chi connectivity index (χ2v) is 5.45. The van der Waals surface area contributed by atoms with Crippen LogP contribution < -0.4 is 5.32 Å². The van der Waals surface area contributed by atoms with Crippen LogP contribution >= 0.6 is 38.5 Å². The molecule has 0 aliphatic rings. The lowest BCUT2D eigenvalue weighted by Crippen LogP contribution is -2.16. The van der Waals surface area contributed by atoms with E-state index in [1.165, 1.54) is 9.13 Å². The van der Waals surface area contributed by atoms with Gasteiger partial charge in [0.15, 0.2) is 4.67 Å². The number of hydrogen-bond donors (Lipinski definition) is 1. The summed E-state index contributed by atoms with van der Waals surface area (Å²) in [5.41, 5.74) is 1.20. The maximum Gasteiger partial charge on any atom is 0.169 e. The van der Waals surface area contributed by atoms with Gasteiger partial charge >= 0.3 is 0 Å². The second-order valence-electron chi connectivity index (χ2n) is 3.42. The van der Waals surface area contributed by atoms with Gasteiger partial charge < -0.3 is 9.73 Å². The summed E-state index contributed by atoms with van der Waals surface area (Å²) >= 11 is 5.63. The van der Waals surface area contributed by atoms with E-state index in [1.807, 2.05) is 19.2 Å². The summed E-state index contributed by atoms with van der Waals surface area (Å²) in [5.74, 6) is 0.913. The van der Waals surface area contributed by atoms with Crippen LogP contribution in [0.25, 0.3) is 0 Å². The van der Waals surface area contributed by atoms with E-state index >= 15 is 0 Å². The summed E-state index contributed by atoms with van der Waals surface area (Å²) in [6.07, 6.45) is 0. The highest BCUT2D eigenvalue weighted by Crippen LogP contribution is 2.26.